The molecule has 0 radical (unpaired) electrons. The largest absolute Gasteiger partial charge is 0.435 e. The third-order valence-corrected chi connectivity index (χ3v) is 2.36. The molecule has 0 fully saturated rings. The lowest BCUT2D eigenvalue weighted by molar-refractivity contribution is 0.464. The first-order valence-electron chi connectivity index (χ1n) is 4.82. The van der Waals surface area contributed by atoms with Gasteiger partial charge in [-0.05, 0) is 25.1 Å². The molecule has 0 saturated carbocycles. The molecule has 0 aliphatic rings. The second kappa shape index (κ2) is 4.41. The van der Waals surface area contributed by atoms with Gasteiger partial charge in [0.05, 0.1) is 10.7 Å². The molecule has 1 aromatic heterocycles. The van der Waals surface area contributed by atoms with E-state index in [-0.39, 0.29) is 0 Å². The van der Waals surface area contributed by atoms with Gasteiger partial charge in [-0.15, -0.1) is 0 Å². The van der Waals surface area contributed by atoms with Crippen LogP contribution in [-0.4, -0.2) is 4.98 Å². The molecule has 0 spiro atoms. The number of nitrogen functional groups attached to an aromatic ring is 1. The molecule has 16 heavy (non-hydrogen) atoms. The average molecular weight is 235 g/mol. The molecule has 2 rings (SSSR count). The number of hydrogen-bond acceptors (Lipinski definition) is 3. The summed E-state index contributed by atoms with van der Waals surface area (Å²) in [6, 6.07) is 10.7. The molecule has 0 aliphatic carbocycles. The van der Waals surface area contributed by atoms with E-state index in [0.717, 1.165) is 5.69 Å². The van der Waals surface area contributed by atoms with Gasteiger partial charge >= 0.3 is 0 Å². The minimum atomic E-state index is 0.447. The van der Waals surface area contributed by atoms with Crippen LogP contribution in [-0.2, 0) is 0 Å². The predicted molar refractivity (Wildman–Crippen MR) is 64.9 cm³/mol. The standard InChI is InChI=1S/C12H11ClN2O/c1-8-4-2-7-11(15-8)16-12-9(13)5-3-6-10(12)14/h2-7H,14H2,1H3. The molecule has 2 N–H and O–H groups in total. The summed E-state index contributed by atoms with van der Waals surface area (Å²) < 4.78 is 5.55. The Kier molecular flexibility index (Phi) is 2.97. The van der Waals surface area contributed by atoms with Gasteiger partial charge in [0.2, 0.25) is 5.88 Å². The van der Waals surface area contributed by atoms with Crippen LogP contribution in [0.5, 0.6) is 11.6 Å². The first-order chi connectivity index (χ1) is 7.66. The summed E-state index contributed by atoms with van der Waals surface area (Å²) >= 11 is 5.99. The summed E-state index contributed by atoms with van der Waals surface area (Å²) in [4.78, 5) is 4.21. The molecule has 0 saturated heterocycles. The van der Waals surface area contributed by atoms with Crippen LogP contribution in [0.1, 0.15) is 5.69 Å². The lowest BCUT2D eigenvalue weighted by Gasteiger charge is -2.09. The van der Waals surface area contributed by atoms with Gasteiger partial charge in [-0.3, -0.25) is 0 Å². The fourth-order valence-corrected chi connectivity index (χ4v) is 1.53. The normalized spacial score (nSPS) is 10.1. The number of hydrogen-bond donors (Lipinski definition) is 1. The van der Waals surface area contributed by atoms with Gasteiger partial charge in [0.25, 0.3) is 0 Å². The van der Waals surface area contributed by atoms with Gasteiger partial charge in [0.15, 0.2) is 5.75 Å². The minimum Gasteiger partial charge on any atom is -0.435 e. The highest BCUT2D eigenvalue weighted by molar-refractivity contribution is 6.32. The number of ether oxygens (including phenoxy) is 1. The molecule has 0 aliphatic heterocycles. The summed E-state index contributed by atoms with van der Waals surface area (Å²) in [7, 11) is 0. The van der Waals surface area contributed by atoms with E-state index < -0.39 is 0 Å². The molecule has 4 heteroatoms. The number of anilines is 1. The number of aryl methyl sites for hydroxylation is 1. The third-order valence-electron chi connectivity index (χ3n) is 2.07. The molecule has 0 unspecified atom stereocenters. The van der Waals surface area contributed by atoms with E-state index in [1.54, 1.807) is 24.3 Å². The number of para-hydroxylation sites is 1. The molecule has 0 bridgehead atoms. The van der Waals surface area contributed by atoms with Crippen LogP contribution >= 0.6 is 11.6 Å². The monoisotopic (exact) mass is 234 g/mol. The summed E-state index contributed by atoms with van der Waals surface area (Å²) in [6.07, 6.45) is 0. The van der Waals surface area contributed by atoms with E-state index >= 15 is 0 Å². The molecule has 0 amide bonds. The van der Waals surface area contributed by atoms with E-state index in [2.05, 4.69) is 4.98 Å². The number of halogens is 1. The highest BCUT2D eigenvalue weighted by Crippen LogP contribution is 2.33. The quantitative estimate of drug-likeness (QED) is 0.810. The molecular formula is C12H11ClN2O. The van der Waals surface area contributed by atoms with Gasteiger partial charge < -0.3 is 10.5 Å². The number of aromatic nitrogens is 1. The van der Waals surface area contributed by atoms with E-state index in [1.807, 2.05) is 19.1 Å². The molecule has 3 nitrogen and oxygen atoms in total. The van der Waals surface area contributed by atoms with Crippen molar-refractivity contribution in [3.8, 4) is 11.6 Å². The Balaban J connectivity index is 2.34. The second-order valence-corrected chi connectivity index (χ2v) is 3.78. The summed E-state index contributed by atoms with van der Waals surface area (Å²) in [5, 5.41) is 0.475. The zero-order valence-corrected chi connectivity index (χ0v) is 9.53. The maximum Gasteiger partial charge on any atom is 0.219 e. The van der Waals surface area contributed by atoms with Crippen molar-refractivity contribution in [1.29, 1.82) is 0 Å². The number of nitrogens with two attached hydrogens (primary N) is 1. The SMILES string of the molecule is Cc1cccc(Oc2c(N)cccc2Cl)n1. The molecular weight excluding hydrogens is 224 g/mol. The lowest BCUT2D eigenvalue weighted by Crippen LogP contribution is -1.94. The average Bonchev–Trinajstić information content (AvgIpc) is 2.24. The van der Waals surface area contributed by atoms with Gasteiger partial charge in [0, 0.05) is 11.8 Å². The summed E-state index contributed by atoms with van der Waals surface area (Å²) in [6.45, 7) is 1.89. The number of pyridine rings is 1. The zero-order chi connectivity index (χ0) is 11.5. The van der Waals surface area contributed by atoms with Crippen molar-refractivity contribution in [2.24, 2.45) is 0 Å². The predicted octanol–water partition coefficient (Wildman–Crippen LogP) is 3.42. The van der Waals surface area contributed by atoms with Crippen molar-refractivity contribution in [3.63, 3.8) is 0 Å². The van der Waals surface area contributed by atoms with Crippen LogP contribution in [0.3, 0.4) is 0 Å². The van der Waals surface area contributed by atoms with Gasteiger partial charge in [-0.25, -0.2) is 4.98 Å². The van der Waals surface area contributed by atoms with Crippen molar-refractivity contribution in [2.45, 2.75) is 6.92 Å². The van der Waals surface area contributed by atoms with Gasteiger partial charge in [-0.1, -0.05) is 23.7 Å². The van der Waals surface area contributed by atoms with Gasteiger partial charge in [-0.2, -0.15) is 0 Å². The van der Waals surface area contributed by atoms with Crippen molar-refractivity contribution in [1.82, 2.24) is 4.98 Å². The Labute approximate surface area is 98.8 Å². The van der Waals surface area contributed by atoms with Crippen LogP contribution in [0, 0.1) is 6.92 Å². The van der Waals surface area contributed by atoms with Gasteiger partial charge in [0.1, 0.15) is 0 Å². The fraction of sp³-hybridized carbons (Fsp3) is 0.0833. The summed E-state index contributed by atoms with van der Waals surface area (Å²) in [5.41, 5.74) is 7.14. The number of rotatable bonds is 2. The van der Waals surface area contributed by atoms with Crippen LogP contribution in [0.4, 0.5) is 5.69 Å². The van der Waals surface area contributed by atoms with Crippen molar-refractivity contribution in [2.75, 3.05) is 5.73 Å². The molecule has 2 aromatic rings. The maximum atomic E-state index is 5.99. The van der Waals surface area contributed by atoms with Crippen molar-refractivity contribution < 1.29 is 4.74 Å². The van der Waals surface area contributed by atoms with Crippen molar-refractivity contribution in [3.05, 3.63) is 47.1 Å². The van der Waals surface area contributed by atoms with Crippen LogP contribution in [0.25, 0.3) is 0 Å². The topological polar surface area (TPSA) is 48.1 Å². The highest BCUT2D eigenvalue weighted by Gasteiger charge is 2.07. The molecule has 82 valence electrons. The van der Waals surface area contributed by atoms with Crippen molar-refractivity contribution >= 4 is 17.3 Å². The minimum absolute atomic E-state index is 0.447. The van der Waals surface area contributed by atoms with Crippen LogP contribution in [0.2, 0.25) is 5.02 Å². The van der Waals surface area contributed by atoms with E-state index in [9.17, 15) is 0 Å². The highest BCUT2D eigenvalue weighted by atomic mass is 35.5. The second-order valence-electron chi connectivity index (χ2n) is 3.38. The number of benzene rings is 1. The Morgan fingerprint density at radius 1 is 1.19 bits per heavy atom. The third kappa shape index (κ3) is 2.25. The Morgan fingerprint density at radius 3 is 2.62 bits per heavy atom. The molecule has 1 aromatic carbocycles. The Morgan fingerprint density at radius 2 is 1.94 bits per heavy atom. The van der Waals surface area contributed by atoms with E-state index in [4.69, 9.17) is 22.1 Å². The number of nitrogens with zero attached hydrogens (tertiary/aromatic N) is 1. The lowest BCUT2D eigenvalue weighted by atomic mass is 10.3. The fourth-order valence-electron chi connectivity index (χ4n) is 1.31. The van der Waals surface area contributed by atoms with E-state index in [0.29, 0.717) is 22.3 Å². The smallest absolute Gasteiger partial charge is 0.219 e. The molecule has 1 heterocycles. The summed E-state index contributed by atoms with van der Waals surface area (Å²) in [5.74, 6) is 0.932. The van der Waals surface area contributed by atoms with Crippen LogP contribution < -0.4 is 10.5 Å². The first kappa shape index (κ1) is 10.8. The Bertz CT molecular complexity index is 494. The molecule has 0 atom stereocenters. The zero-order valence-electron chi connectivity index (χ0n) is 8.77. The van der Waals surface area contributed by atoms with Crippen LogP contribution in [0.15, 0.2) is 36.4 Å². The first-order valence-corrected chi connectivity index (χ1v) is 5.20. The Hall–Kier alpha value is -1.74. The maximum absolute atomic E-state index is 5.99. The van der Waals surface area contributed by atoms with E-state index in [1.165, 1.54) is 0 Å².